The van der Waals surface area contributed by atoms with Crippen LogP contribution in [0.2, 0.25) is 0 Å². The summed E-state index contributed by atoms with van der Waals surface area (Å²) in [5.41, 5.74) is 5.82. The van der Waals surface area contributed by atoms with Gasteiger partial charge in [-0.3, -0.25) is 4.99 Å². The van der Waals surface area contributed by atoms with Gasteiger partial charge in [0.05, 0.1) is 12.3 Å². The summed E-state index contributed by atoms with van der Waals surface area (Å²) in [5, 5.41) is 0. The Morgan fingerprint density at radius 3 is 2.83 bits per heavy atom. The number of alkyl halides is 3. The fraction of sp³-hybridized carbons (Fsp3) is 0.909. The molecular formula is C11H20F3N3S. The second-order valence-electron chi connectivity index (χ2n) is 4.60. The van der Waals surface area contributed by atoms with Gasteiger partial charge in [0.15, 0.2) is 5.96 Å². The topological polar surface area (TPSA) is 41.6 Å². The van der Waals surface area contributed by atoms with E-state index in [-0.39, 0.29) is 0 Å². The van der Waals surface area contributed by atoms with Crippen LogP contribution in [0.5, 0.6) is 0 Å². The molecule has 0 aromatic carbocycles. The highest BCUT2D eigenvalue weighted by molar-refractivity contribution is 7.99. The van der Waals surface area contributed by atoms with Crippen LogP contribution in [0.1, 0.15) is 19.8 Å². The zero-order valence-corrected chi connectivity index (χ0v) is 11.4. The normalized spacial score (nSPS) is 22.3. The molecule has 0 spiro atoms. The largest absolute Gasteiger partial charge is 0.397 e. The molecule has 1 saturated heterocycles. The quantitative estimate of drug-likeness (QED) is 0.489. The molecule has 0 aromatic heterocycles. The molecule has 0 saturated carbocycles. The zero-order valence-electron chi connectivity index (χ0n) is 10.5. The van der Waals surface area contributed by atoms with Gasteiger partial charge >= 0.3 is 6.18 Å². The summed E-state index contributed by atoms with van der Waals surface area (Å²) in [6, 6.07) is 0. The minimum atomic E-state index is -4.10. The molecule has 1 rings (SSSR count). The first kappa shape index (κ1) is 15.5. The zero-order chi connectivity index (χ0) is 13.6. The fourth-order valence-electron chi connectivity index (χ4n) is 1.91. The molecule has 1 unspecified atom stereocenters. The standard InChI is InChI=1S/C11H20F3N3S/c1-9-3-2-5-17(7-9)10(15)16-4-6-18-8-11(12,13)14/h9H,2-8H2,1H3,(H2,15,16). The van der Waals surface area contributed by atoms with Gasteiger partial charge in [-0.05, 0) is 18.8 Å². The third-order valence-corrected chi connectivity index (χ3v) is 3.76. The number of halogens is 3. The summed E-state index contributed by atoms with van der Waals surface area (Å²) in [5.74, 6) is 0.605. The molecule has 1 aliphatic rings. The van der Waals surface area contributed by atoms with Crippen LogP contribution < -0.4 is 5.73 Å². The number of guanidine groups is 1. The van der Waals surface area contributed by atoms with Crippen molar-refractivity contribution in [3.63, 3.8) is 0 Å². The maximum absolute atomic E-state index is 11.9. The lowest BCUT2D eigenvalue weighted by Crippen LogP contribution is -2.43. The molecule has 7 heteroatoms. The van der Waals surface area contributed by atoms with E-state index in [2.05, 4.69) is 11.9 Å². The van der Waals surface area contributed by atoms with E-state index >= 15 is 0 Å². The third kappa shape index (κ3) is 6.37. The second kappa shape index (κ2) is 7.11. The summed E-state index contributed by atoms with van der Waals surface area (Å²) in [7, 11) is 0. The Kier molecular flexibility index (Phi) is 6.11. The first-order valence-electron chi connectivity index (χ1n) is 6.08. The maximum Gasteiger partial charge on any atom is 0.397 e. The van der Waals surface area contributed by atoms with Crippen LogP contribution >= 0.6 is 11.8 Å². The van der Waals surface area contributed by atoms with E-state index < -0.39 is 11.9 Å². The van der Waals surface area contributed by atoms with Crippen LogP contribution in [-0.4, -0.2) is 48.2 Å². The number of aliphatic imine (C=N–C) groups is 1. The van der Waals surface area contributed by atoms with Crippen molar-refractivity contribution in [2.24, 2.45) is 16.6 Å². The summed E-state index contributed by atoms with van der Waals surface area (Å²) in [6.45, 7) is 4.30. The Morgan fingerprint density at radius 1 is 1.50 bits per heavy atom. The van der Waals surface area contributed by atoms with Crippen molar-refractivity contribution in [3.05, 3.63) is 0 Å². The third-order valence-electron chi connectivity index (χ3n) is 2.76. The van der Waals surface area contributed by atoms with Gasteiger partial charge in [-0.1, -0.05) is 6.92 Å². The van der Waals surface area contributed by atoms with Crippen LogP contribution in [0.15, 0.2) is 4.99 Å². The average molecular weight is 283 g/mol. The van der Waals surface area contributed by atoms with E-state index in [1.54, 1.807) is 0 Å². The molecule has 1 heterocycles. The van der Waals surface area contributed by atoms with Gasteiger partial charge < -0.3 is 10.6 Å². The van der Waals surface area contributed by atoms with E-state index in [0.29, 0.717) is 24.2 Å². The van der Waals surface area contributed by atoms with Gasteiger partial charge in [0.2, 0.25) is 0 Å². The van der Waals surface area contributed by atoms with Crippen LogP contribution in [0, 0.1) is 5.92 Å². The number of hydrogen-bond acceptors (Lipinski definition) is 2. The number of rotatable bonds is 4. The van der Waals surface area contributed by atoms with Gasteiger partial charge in [-0.25, -0.2) is 0 Å². The number of nitrogens with two attached hydrogens (primary N) is 1. The van der Waals surface area contributed by atoms with Gasteiger partial charge in [0, 0.05) is 18.8 Å². The lowest BCUT2D eigenvalue weighted by molar-refractivity contribution is -0.105. The average Bonchev–Trinajstić information content (AvgIpc) is 2.26. The van der Waals surface area contributed by atoms with Crippen molar-refractivity contribution in [2.45, 2.75) is 25.9 Å². The number of piperidine rings is 1. The van der Waals surface area contributed by atoms with E-state index in [9.17, 15) is 13.2 Å². The molecule has 0 amide bonds. The lowest BCUT2D eigenvalue weighted by atomic mass is 10.0. The number of hydrogen-bond donors (Lipinski definition) is 1. The minimum Gasteiger partial charge on any atom is -0.370 e. The van der Waals surface area contributed by atoms with Gasteiger partial charge in [-0.2, -0.15) is 24.9 Å². The Bertz CT molecular complexity index is 281. The highest BCUT2D eigenvalue weighted by Crippen LogP contribution is 2.20. The number of likely N-dealkylation sites (tertiary alicyclic amines) is 1. The van der Waals surface area contributed by atoms with Crippen molar-refractivity contribution in [3.8, 4) is 0 Å². The van der Waals surface area contributed by atoms with Gasteiger partial charge in [0.25, 0.3) is 0 Å². The van der Waals surface area contributed by atoms with Crippen LogP contribution in [-0.2, 0) is 0 Å². The van der Waals surface area contributed by atoms with Crippen LogP contribution in [0.25, 0.3) is 0 Å². The van der Waals surface area contributed by atoms with Crippen LogP contribution in [0.4, 0.5) is 13.2 Å². The van der Waals surface area contributed by atoms with Crippen molar-refractivity contribution in [1.82, 2.24) is 4.90 Å². The Labute approximate surface area is 110 Å². The Hall–Kier alpha value is -0.590. The summed E-state index contributed by atoms with van der Waals surface area (Å²) < 4.78 is 35.7. The predicted octanol–water partition coefficient (Wildman–Crippen LogP) is 2.33. The predicted molar refractivity (Wildman–Crippen MR) is 69.8 cm³/mol. The van der Waals surface area contributed by atoms with E-state index in [1.807, 2.05) is 4.90 Å². The van der Waals surface area contributed by atoms with E-state index in [0.717, 1.165) is 31.3 Å². The van der Waals surface area contributed by atoms with Gasteiger partial charge in [-0.15, -0.1) is 0 Å². The van der Waals surface area contributed by atoms with Crippen molar-refractivity contribution >= 4 is 17.7 Å². The van der Waals surface area contributed by atoms with E-state index in [4.69, 9.17) is 5.73 Å². The molecule has 0 radical (unpaired) electrons. The summed E-state index contributed by atoms with van der Waals surface area (Å²) >= 11 is 0.843. The highest BCUT2D eigenvalue weighted by Gasteiger charge is 2.26. The molecule has 1 atom stereocenters. The summed E-state index contributed by atoms with van der Waals surface area (Å²) in [4.78, 5) is 6.15. The second-order valence-corrected chi connectivity index (χ2v) is 5.71. The molecular weight excluding hydrogens is 263 g/mol. The van der Waals surface area contributed by atoms with Crippen molar-refractivity contribution in [2.75, 3.05) is 31.1 Å². The Balaban J connectivity index is 2.21. The molecule has 1 aliphatic heterocycles. The van der Waals surface area contributed by atoms with E-state index in [1.165, 1.54) is 6.42 Å². The molecule has 0 aromatic rings. The molecule has 0 aliphatic carbocycles. The maximum atomic E-state index is 11.9. The molecule has 0 bridgehead atoms. The first-order chi connectivity index (χ1) is 8.38. The van der Waals surface area contributed by atoms with Crippen molar-refractivity contribution in [1.29, 1.82) is 0 Å². The molecule has 1 fully saturated rings. The first-order valence-corrected chi connectivity index (χ1v) is 7.23. The fourth-order valence-corrected chi connectivity index (χ4v) is 2.51. The van der Waals surface area contributed by atoms with Crippen molar-refractivity contribution < 1.29 is 13.2 Å². The molecule has 18 heavy (non-hydrogen) atoms. The molecule has 2 N–H and O–H groups in total. The Morgan fingerprint density at radius 2 is 2.22 bits per heavy atom. The molecule has 3 nitrogen and oxygen atoms in total. The SMILES string of the molecule is CC1CCCN(C(N)=NCCSCC(F)(F)F)C1. The lowest BCUT2D eigenvalue weighted by Gasteiger charge is -2.31. The van der Waals surface area contributed by atoms with Crippen LogP contribution in [0.3, 0.4) is 0 Å². The number of thioether (sulfide) groups is 1. The number of nitrogens with zero attached hydrogens (tertiary/aromatic N) is 2. The van der Waals surface area contributed by atoms with Gasteiger partial charge in [0.1, 0.15) is 0 Å². The summed E-state index contributed by atoms with van der Waals surface area (Å²) in [6.07, 6.45) is -1.80. The molecule has 106 valence electrons. The monoisotopic (exact) mass is 283 g/mol. The minimum absolute atomic E-state index is 0.345. The smallest absolute Gasteiger partial charge is 0.370 e. The highest BCUT2D eigenvalue weighted by atomic mass is 32.2.